The number of rotatable bonds is 0. The molecule has 114 valence electrons. The van der Waals surface area contributed by atoms with Gasteiger partial charge in [0.15, 0.2) is 5.78 Å². The minimum atomic E-state index is 0.0903. The Kier molecular flexibility index (Phi) is 3.00. The van der Waals surface area contributed by atoms with Gasteiger partial charge in [-0.3, -0.25) is 4.79 Å². The fourth-order valence-electron chi connectivity index (χ4n) is 3.74. The van der Waals surface area contributed by atoms with Gasteiger partial charge in [0.25, 0.3) is 0 Å². The van der Waals surface area contributed by atoms with Crippen molar-refractivity contribution in [2.75, 3.05) is 0 Å². The van der Waals surface area contributed by atoms with Gasteiger partial charge in [-0.25, -0.2) is 0 Å². The van der Waals surface area contributed by atoms with Crippen LogP contribution >= 0.6 is 31.9 Å². The molecule has 0 amide bonds. The maximum Gasteiger partial charge on any atom is 0.195 e. The van der Waals surface area contributed by atoms with Gasteiger partial charge in [-0.05, 0) is 34.5 Å². The highest BCUT2D eigenvalue weighted by atomic mass is 79.9. The van der Waals surface area contributed by atoms with E-state index in [1.165, 1.54) is 0 Å². The third-order valence-electron chi connectivity index (χ3n) is 4.71. The standard InChI is InChI=1S/C21H10Br2O/c22-15-8-2-5-12-10-11-4-1-6-13-17(11)20(18(12)15)21(24)14-7-3-9-16(23)19(13)14/h1-10H. The summed E-state index contributed by atoms with van der Waals surface area (Å²) in [4.78, 5) is 13.4. The number of carbonyl (C=O) groups excluding carboxylic acids is 1. The summed E-state index contributed by atoms with van der Waals surface area (Å²) in [6, 6.07) is 20.3. The monoisotopic (exact) mass is 436 g/mol. The quantitative estimate of drug-likeness (QED) is 0.245. The zero-order valence-corrected chi connectivity index (χ0v) is 15.6. The fourth-order valence-corrected chi connectivity index (χ4v) is 4.90. The molecular weight excluding hydrogens is 428 g/mol. The zero-order valence-electron chi connectivity index (χ0n) is 12.4. The van der Waals surface area contributed by atoms with Crippen LogP contribution in [0.3, 0.4) is 0 Å². The van der Waals surface area contributed by atoms with Crippen LogP contribution in [0.5, 0.6) is 0 Å². The number of halogens is 2. The number of benzene rings is 4. The Bertz CT molecular complexity index is 1190. The summed E-state index contributed by atoms with van der Waals surface area (Å²) < 4.78 is 1.91. The summed E-state index contributed by atoms with van der Waals surface area (Å²) in [5, 5.41) is 4.22. The molecule has 0 bridgehead atoms. The van der Waals surface area contributed by atoms with E-state index in [9.17, 15) is 4.79 Å². The number of ketones is 1. The molecule has 1 aliphatic rings. The lowest BCUT2D eigenvalue weighted by molar-refractivity contribution is 0.104. The molecular formula is C21H10Br2O. The Morgan fingerprint density at radius 1 is 0.625 bits per heavy atom. The van der Waals surface area contributed by atoms with E-state index < -0.39 is 0 Å². The molecule has 0 heterocycles. The van der Waals surface area contributed by atoms with E-state index in [0.29, 0.717) is 0 Å². The molecule has 0 unspecified atom stereocenters. The maximum absolute atomic E-state index is 13.4. The maximum atomic E-state index is 13.4. The Labute approximate surface area is 155 Å². The van der Waals surface area contributed by atoms with Crippen molar-refractivity contribution in [2.45, 2.75) is 0 Å². The third-order valence-corrected chi connectivity index (χ3v) is 6.03. The number of carbonyl (C=O) groups is 1. The lowest BCUT2D eigenvalue weighted by Crippen LogP contribution is -2.11. The number of fused-ring (bicyclic) bond motifs is 4. The highest BCUT2D eigenvalue weighted by Gasteiger charge is 2.28. The second-order valence-electron chi connectivity index (χ2n) is 5.98. The highest BCUT2D eigenvalue weighted by molar-refractivity contribution is 9.11. The van der Waals surface area contributed by atoms with Gasteiger partial charge in [-0.1, -0.05) is 74.3 Å². The first-order chi connectivity index (χ1) is 11.7. The van der Waals surface area contributed by atoms with Gasteiger partial charge in [-0.15, -0.1) is 0 Å². The third kappa shape index (κ3) is 1.77. The molecule has 0 saturated carbocycles. The molecule has 0 spiro atoms. The summed E-state index contributed by atoms with van der Waals surface area (Å²) in [6.45, 7) is 0. The van der Waals surface area contributed by atoms with Crippen LogP contribution in [0.15, 0.2) is 69.6 Å². The van der Waals surface area contributed by atoms with Gasteiger partial charge in [0.1, 0.15) is 0 Å². The normalized spacial score (nSPS) is 12.7. The van der Waals surface area contributed by atoms with Crippen LogP contribution in [-0.4, -0.2) is 5.78 Å². The molecule has 0 fully saturated rings. The van der Waals surface area contributed by atoms with E-state index >= 15 is 0 Å². The van der Waals surface area contributed by atoms with Crippen LogP contribution in [0.2, 0.25) is 0 Å². The van der Waals surface area contributed by atoms with Gasteiger partial charge in [0.05, 0.1) is 0 Å². The SMILES string of the molecule is O=C1c2cccc(Br)c2-c2cccc3cc4cccc(Br)c4c1c23. The van der Waals surface area contributed by atoms with E-state index in [1.807, 2.05) is 30.3 Å². The minimum absolute atomic E-state index is 0.0903. The van der Waals surface area contributed by atoms with E-state index in [1.54, 1.807) is 0 Å². The Morgan fingerprint density at radius 3 is 2.08 bits per heavy atom. The van der Waals surface area contributed by atoms with Gasteiger partial charge < -0.3 is 0 Å². The molecule has 0 aromatic heterocycles. The fraction of sp³-hybridized carbons (Fsp3) is 0. The molecule has 4 aromatic carbocycles. The van der Waals surface area contributed by atoms with Gasteiger partial charge >= 0.3 is 0 Å². The summed E-state index contributed by atoms with van der Waals surface area (Å²) in [7, 11) is 0. The minimum Gasteiger partial charge on any atom is -0.289 e. The Hall–Kier alpha value is -1.97. The largest absolute Gasteiger partial charge is 0.289 e. The molecule has 1 nitrogen and oxygen atoms in total. The molecule has 1 aliphatic carbocycles. The summed E-state index contributed by atoms with van der Waals surface area (Å²) in [5.41, 5.74) is 3.66. The van der Waals surface area contributed by atoms with Crippen LogP contribution in [0.4, 0.5) is 0 Å². The second kappa shape index (κ2) is 5.01. The Balaban J connectivity index is 2.12. The first kappa shape index (κ1) is 14.4. The van der Waals surface area contributed by atoms with Crippen molar-refractivity contribution in [3.8, 4) is 11.1 Å². The van der Waals surface area contributed by atoms with Crippen molar-refractivity contribution in [1.82, 2.24) is 0 Å². The predicted molar refractivity (Wildman–Crippen MR) is 106 cm³/mol. The van der Waals surface area contributed by atoms with Gasteiger partial charge in [0.2, 0.25) is 0 Å². The van der Waals surface area contributed by atoms with E-state index in [2.05, 4.69) is 62.2 Å². The molecule has 24 heavy (non-hydrogen) atoms. The predicted octanol–water partition coefficient (Wildman–Crippen LogP) is 6.73. The molecule has 0 N–H and O–H groups in total. The summed E-state index contributed by atoms with van der Waals surface area (Å²) in [6.07, 6.45) is 0. The van der Waals surface area contributed by atoms with Crippen molar-refractivity contribution < 1.29 is 4.79 Å². The topological polar surface area (TPSA) is 17.1 Å². The van der Waals surface area contributed by atoms with Gasteiger partial charge in [-0.2, -0.15) is 0 Å². The first-order valence-electron chi connectivity index (χ1n) is 7.64. The van der Waals surface area contributed by atoms with Crippen LogP contribution < -0.4 is 0 Å². The molecule has 0 radical (unpaired) electrons. The molecule has 3 heteroatoms. The van der Waals surface area contributed by atoms with Crippen molar-refractivity contribution in [3.63, 3.8) is 0 Å². The average molecular weight is 438 g/mol. The zero-order chi connectivity index (χ0) is 16.4. The van der Waals surface area contributed by atoms with Crippen molar-refractivity contribution in [1.29, 1.82) is 0 Å². The summed E-state index contributed by atoms with van der Waals surface area (Å²) >= 11 is 7.27. The van der Waals surface area contributed by atoms with Gasteiger partial charge in [0, 0.05) is 36.4 Å². The lowest BCUT2D eigenvalue weighted by atomic mass is 9.80. The summed E-state index contributed by atoms with van der Waals surface area (Å²) in [5.74, 6) is 0.0903. The van der Waals surface area contributed by atoms with E-state index in [-0.39, 0.29) is 5.78 Å². The molecule has 4 aromatic rings. The Morgan fingerprint density at radius 2 is 1.25 bits per heavy atom. The smallest absolute Gasteiger partial charge is 0.195 e. The van der Waals surface area contributed by atoms with Crippen LogP contribution in [0, 0.1) is 0 Å². The second-order valence-corrected chi connectivity index (χ2v) is 7.69. The van der Waals surface area contributed by atoms with E-state index in [4.69, 9.17) is 0 Å². The molecule has 0 atom stereocenters. The van der Waals surface area contributed by atoms with E-state index in [0.717, 1.165) is 52.7 Å². The molecule has 0 aliphatic heterocycles. The highest BCUT2D eigenvalue weighted by Crippen LogP contribution is 2.46. The number of hydrogen-bond donors (Lipinski definition) is 0. The van der Waals surface area contributed by atoms with Crippen molar-refractivity contribution in [2.24, 2.45) is 0 Å². The first-order valence-corrected chi connectivity index (χ1v) is 9.23. The van der Waals surface area contributed by atoms with Crippen molar-refractivity contribution >= 4 is 59.2 Å². The lowest BCUT2D eigenvalue weighted by Gasteiger charge is -2.23. The van der Waals surface area contributed by atoms with Crippen LogP contribution in [0.1, 0.15) is 15.9 Å². The average Bonchev–Trinajstić information content (AvgIpc) is 2.58. The van der Waals surface area contributed by atoms with Crippen molar-refractivity contribution in [3.05, 3.63) is 80.7 Å². The molecule has 0 saturated heterocycles. The van der Waals surface area contributed by atoms with Crippen LogP contribution in [-0.2, 0) is 0 Å². The number of hydrogen-bond acceptors (Lipinski definition) is 1. The molecule has 5 rings (SSSR count). The van der Waals surface area contributed by atoms with Crippen LogP contribution in [0.25, 0.3) is 32.7 Å².